The van der Waals surface area contributed by atoms with Crippen LogP contribution in [0.25, 0.3) is 0 Å². The molecule has 1 aromatic rings. The molecule has 1 amide bonds. The molecule has 1 saturated carbocycles. The molecule has 0 aromatic heterocycles. The molecule has 0 saturated heterocycles. The summed E-state index contributed by atoms with van der Waals surface area (Å²) in [7, 11) is 0. The Bertz CT molecular complexity index is 467. The summed E-state index contributed by atoms with van der Waals surface area (Å²) in [5, 5.41) is 0. The number of halogens is 2. The molecule has 3 nitrogen and oxygen atoms in total. The average molecular weight is 296 g/mol. The summed E-state index contributed by atoms with van der Waals surface area (Å²) in [6, 6.07) is 3.87. The van der Waals surface area contributed by atoms with Crippen molar-refractivity contribution in [3.63, 3.8) is 0 Å². The number of carbonyl (C=O) groups excluding carboxylic acids is 1. The van der Waals surface area contributed by atoms with Crippen LogP contribution in [-0.4, -0.2) is 29.9 Å². The SMILES string of the molecule is NCCCN(C(=O)Cc1c(F)cccc1F)C1CCCC1. The molecule has 1 aliphatic rings. The Morgan fingerprint density at radius 3 is 2.43 bits per heavy atom. The molecule has 0 bridgehead atoms. The summed E-state index contributed by atoms with van der Waals surface area (Å²) in [6.45, 7) is 1.07. The van der Waals surface area contributed by atoms with Gasteiger partial charge >= 0.3 is 0 Å². The van der Waals surface area contributed by atoms with Gasteiger partial charge in [0.1, 0.15) is 11.6 Å². The van der Waals surface area contributed by atoms with E-state index in [2.05, 4.69) is 0 Å². The van der Waals surface area contributed by atoms with Crippen LogP contribution in [0.3, 0.4) is 0 Å². The van der Waals surface area contributed by atoms with Gasteiger partial charge in [-0.15, -0.1) is 0 Å². The molecule has 1 aliphatic carbocycles. The van der Waals surface area contributed by atoms with Gasteiger partial charge in [-0.1, -0.05) is 18.9 Å². The highest BCUT2D eigenvalue weighted by atomic mass is 19.1. The van der Waals surface area contributed by atoms with Crippen LogP contribution < -0.4 is 5.73 Å². The van der Waals surface area contributed by atoms with Crippen LogP contribution in [0.5, 0.6) is 0 Å². The second-order valence-electron chi connectivity index (χ2n) is 5.54. The van der Waals surface area contributed by atoms with Gasteiger partial charge in [-0.2, -0.15) is 0 Å². The number of benzene rings is 1. The molecule has 116 valence electrons. The van der Waals surface area contributed by atoms with Crippen molar-refractivity contribution in [3.05, 3.63) is 35.4 Å². The Kier molecular flexibility index (Phi) is 5.67. The van der Waals surface area contributed by atoms with Gasteiger partial charge in [0.2, 0.25) is 5.91 Å². The van der Waals surface area contributed by atoms with Crippen molar-refractivity contribution in [2.75, 3.05) is 13.1 Å². The number of rotatable bonds is 6. The van der Waals surface area contributed by atoms with Crippen molar-refractivity contribution in [3.8, 4) is 0 Å². The average Bonchev–Trinajstić information content (AvgIpc) is 2.97. The highest BCUT2D eigenvalue weighted by Crippen LogP contribution is 2.25. The standard InChI is InChI=1S/C16H22F2N2O/c17-14-7-3-8-15(18)13(14)11-16(21)20(10-4-9-19)12-5-1-2-6-12/h3,7-8,12H,1-2,4-6,9-11,19H2. The van der Waals surface area contributed by atoms with Gasteiger partial charge in [-0.25, -0.2) is 8.78 Å². The zero-order valence-corrected chi connectivity index (χ0v) is 12.2. The zero-order valence-electron chi connectivity index (χ0n) is 12.2. The van der Waals surface area contributed by atoms with Crippen LogP contribution in [0.1, 0.15) is 37.7 Å². The number of nitrogens with zero attached hydrogens (tertiary/aromatic N) is 1. The molecule has 21 heavy (non-hydrogen) atoms. The van der Waals surface area contributed by atoms with Crippen LogP contribution in [-0.2, 0) is 11.2 Å². The van der Waals surface area contributed by atoms with Gasteiger partial charge in [-0.05, 0) is 37.9 Å². The first kappa shape index (κ1) is 15.9. The smallest absolute Gasteiger partial charge is 0.227 e. The first-order valence-corrected chi connectivity index (χ1v) is 7.56. The molecule has 2 rings (SSSR count). The highest BCUT2D eigenvalue weighted by Gasteiger charge is 2.27. The van der Waals surface area contributed by atoms with Crippen molar-refractivity contribution in [1.29, 1.82) is 0 Å². The molecule has 0 radical (unpaired) electrons. The molecule has 0 atom stereocenters. The van der Waals surface area contributed by atoms with E-state index in [1.165, 1.54) is 18.2 Å². The van der Waals surface area contributed by atoms with E-state index in [-0.39, 0.29) is 23.9 Å². The van der Waals surface area contributed by atoms with Crippen LogP contribution in [0.2, 0.25) is 0 Å². The highest BCUT2D eigenvalue weighted by molar-refractivity contribution is 5.79. The predicted molar refractivity (Wildman–Crippen MR) is 77.7 cm³/mol. The maximum Gasteiger partial charge on any atom is 0.227 e. The van der Waals surface area contributed by atoms with Gasteiger partial charge in [-0.3, -0.25) is 4.79 Å². The molecule has 1 fully saturated rings. The normalized spacial score (nSPS) is 15.4. The third-order valence-corrected chi connectivity index (χ3v) is 4.08. The maximum absolute atomic E-state index is 13.7. The third kappa shape index (κ3) is 4.00. The van der Waals surface area contributed by atoms with Crippen LogP contribution in [0, 0.1) is 11.6 Å². The predicted octanol–water partition coefficient (Wildman–Crippen LogP) is 2.63. The fourth-order valence-electron chi connectivity index (χ4n) is 2.94. The fraction of sp³-hybridized carbons (Fsp3) is 0.562. The summed E-state index contributed by atoms with van der Waals surface area (Å²) < 4.78 is 27.3. The fourth-order valence-corrected chi connectivity index (χ4v) is 2.94. The summed E-state index contributed by atoms with van der Waals surface area (Å²) >= 11 is 0. The summed E-state index contributed by atoms with van der Waals surface area (Å²) in [5.74, 6) is -1.53. The Morgan fingerprint density at radius 1 is 1.24 bits per heavy atom. The first-order chi connectivity index (χ1) is 10.1. The maximum atomic E-state index is 13.7. The number of hydrogen-bond acceptors (Lipinski definition) is 2. The Balaban J connectivity index is 2.10. The molecule has 0 spiro atoms. The molecule has 2 N–H and O–H groups in total. The molecule has 5 heteroatoms. The quantitative estimate of drug-likeness (QED) is 0.877. The van der Waals surface area contributed by atoms with Gasteiger partial charge in [0.25, 0.3) is 0 Å². The molecular weight excluding hydrogens is 274 g/mol. The molecule has 0 heterocycles. The minimum Gasteiger partial charge on any atom is -0.339 e. The second kappa shape index (κ2) is 7.50. The van der Waals surface area contributed by atoms with E-state index in [9.17, 15) is 13.6 Å². The molecule has 1 aromatic carbocycles. The largest absolute Gasteiger partial charge is 0.339 e. The minimum atomic E-state index is -0.659. The lowest BCUT2D eigenvalue weighted by Crippen LogP contribution is -2.41. The second-order valence-corrected chi connectivity index (χ2v) is 5.54. The topological polar surface area (TPSA) is 46.3 Å². The minimum absolute atomic E-state index is 0.141. The van der Waals surface area contributed by atoms with Crippen LogP contribution in [0.15, 0.2) is 18.2 Å². The van der Waals surface area contributed by atoms with E-state index >= 15 is 0 Å². The summed E-state index contributed by atoms with van der Waals surface area (Å²) in [4.78, 5) is 14.2. The Labute approximate surface area is 124 Å². The van der Waals surface area contributed by atoms with E-state index in [0.717, 1.165) is 25.7 Å². The monoisotopic (exact) mass is 296 g/mol. The Morgan fingerprint density at radius 2 is 1.86 bits per heavy atom. The van der Waals surface area contributed by atoms with Crippen molar-refractivity contribution >= 4 is 5.91 Å². The van der Waals surface area contributed by atoms with Gasteiger partial charge < -0.3 is 10.6 Å². The van der Waals surface area contributed by atoms with E-state index in [0.29, 0.717) is 19.5 Å². The van der Waals surface area contributed by atoms with E-state index in [1.54, 1.807) is 4.90 Å². The van der Waals surface area contributed by atoms with Crippen molar-refractivity contribution in [2.24, 2.45) is 5.73 Å². The van der Waals surface area contributed by atoms with Crippen molar-refractivity contribution in [1.82, 2.24) is 4.90 Å². The van der Waals surface area contributed by atoms with Crippen LogP contribution >= 0.6 is 0 Å². The van der Waals surface area contributed by atoms with Crippen LogP contribution in [0.4, 0.5) is 8.78 Å². The number of amides is 1. The van der Waals surface area contributed by atoms with Gasteiger partial charge in [0, 0.05) is 18.2 Å². The lowest BCUT2D eigenvalue weighted by atomic mass is 10.1. The van der Waals surface area contributed by atoms with E-state index in [4.69, 9.17) is 5.73 Å². The first-order valence-electron chi connectivity index (χ1n) is 7.56. The van der Waals surface area contributed by atoms with Gasteiger partial charge in [0.15, 0.2) is 0 Å². The summed E-state index contributed by atoms with van der Waals surface area (Å²) in [6.07, 6.45) is 4.63. The Hall–Kier alpha value is -1.49. The van der Waals surface area contributed by atoms with Crippen molar-refractivity contribution in [2.45, 2.75) is 44.6 Å². The summed E-state index contributed by atoms with van der Waals surface area (Å²) in [5.41, 5.74) is 5.38. The molecule has 0 unspecified atom stereocenters. The van der Waals surface area contributed by atoms with E-state index in [1.807, 2.05) is 0 Å². The number of nitrogens with two attached hydrogens (primary N) is 1. The van der Waals surface area contributed by atoms with E-state index < -0.39 is 11.6 Å². The number of carbonyl (C=O) groups is 1. The lowest BCUT2D eigenvalue weighted by molar-refractivity contribution is -0.132. The lowest BCUT2D eigenvalue weighted by Gasteiger charge is -2.29. The number of hydrogen-bond donors (Lipinski definition) is 1. The molecule has 0 aliphatic heterocycles. The molecular formula is C16H22F2N2O. The van der Waals surface area contributed by atoms with Crippen molar-refractivity contribution < 1.29 is 13.6 Å². The zero-order chi connectivity index (χ0) is 15.2. The van der Waals surface area contributed by atoms with Gasteiger partial charge in [0.05, 0.1) is 6.42 Å². The third-order valence-electron chi connectivity index (χ3n) is 4.08.